The molecule has 4 heteroatoms. The Bertz CT molecular complexity index is 487. The van der Waals surface area contributed by atoms with E-state index in [4.69, 9.17) is 0 Å². The number of carbonyl (C=O) groups is 1. The van der Waals surface area contributed by atoms with E-state index in [0.717, 1.165) is 18.4 Å². The Labute approximate surface area is 126 Å². The van der Waals surface area contributed by atoms with Crippen molar-refractivity contribution >= 4 is 5.91 Å². The number of fused-ring (bicyclic) bond motifs is 1. The van der Waals surface area contributed by atoms with Crippen LogP contribution < -0.4 is 5.32 Å². The van der Waals surface area contributed by atoms with Gasteiger partial charge in [-0.1, -0.05) is 25.1 Å². The van der Waals surface area contributed by atoms with Crippen LogP contribution in [-0.4, -0.2) is 34.9 Å². The Morgan fingerprint density at radius 2 is 1.86 bits per heavy atom. The third-order valence-electron chi connectivity index (χ3n) is 4.46. The highest BCUT2D eigenvalue weighted by Crippen LogP contribution is 2.22. The fourth-order valence-electron chi connectivity index (χ4n) is 2.86. The van der Waals surface area contributed by atoms with Crippen LogP contribution in [0.1, 0.15) is 42.9 Å². The first-order valence-electron chi connectivity index (χ1n) is 7.76. The smallest absolute Gasteiger partial charge is 0.225 e. The maximum atomic E-state index is 12.1. The molecule has 0 bridgehead atoms. The molecule has 0 aromatic heterocycles. The van der Waals surface area contributed by atoms with Crippen molar-refractivity contribution in [2.75, 3.05) is 13.2 Å². The van der Waals surface area contributed by atoms with Gasteiger partial charge in [0, 0.05) is 0 Å². The first-order valence-corrected chi connectivity index (χ1v) is 7.76. The van der Waals surface area contributed by atoms with Crippen molar-refractivity contribution in [3.63, 3.8) is 0 Å². The average molecular weight is 291 g/mol. The molecule has 1 aliphatic carbocycles. The van der Waals surface area contributed by atoms with Crippen molar-refractivity contribution in [1.29, 1.82) is 0 Å². The lowest BCUT2D eigenvalue weighted by molar-refractivity contribution is -0.123. The van der Waals surface area contributed by atoms with Gasteiger partial charge in [0.1, 0.15) is 0 Å². The van der Waals surface area contributed by atoms with Crippen LogP contribution in [0.4, 0.5) is 0 Å². The minimum Gasteiger partial charge on any atom is -0.394 e. The normalized spacial score (nSPS) is 14.6. The van der Waals surface area contributed by atoms with E-state index in [-0.39, 0.29) is 25.5 Å². The fourth-order valence-corrected chi connectivity index (χ4v) is 2.86. The summed E-state index contributed by atoms with van der Waals surface area (Å²) in [5.41, 5.74) is 2.84. The SMILES string of the molecule is CCC(CO)(CO)NC(=O)Cc1ccc2c(c1)CCCC2. The van der Waals surface area contributed by atoms with Crippen molar-refractivity contribution in [2.24, 2.45) is 0 Å². The second-order valence-corrected chi connectivity index (χ2v) is 5.99. The highest BCUT2D eigenvalue weighted by molar-refractivity contribution is 5.79. The molecule has 1 aromatic carbocycles. The van der Waals surface area contributed by atoms with Crippen LogP contribution in [0.15, 0.2) is 18.2 Å². The van der Waals surface area contributed by atoms with Crippen molar-refractivity contribution in [1.82, 2.24) is 5.32 Å². The number of aliphatic hydroxyl groups excluding tert-OH is 2. The Kier molecular flexibility index (Phi) is 5.37. The molecule has 0 saturated heterocycles. The minimum atomic E-state index is -0.911. The van der Waals surface area contributed by atoms with Crippen LogP contribution in [0.5, 0.6) is 0 Å². The van der Waals surface area contributed by atoms with E-state index in [2.05, 4.69) is 17.4 Å². The molecule has 1 aromatic rings. The molecule has 1 amide bonds. The second-order valence-electron chi connectivity index (χ2n) is 5.99. The molecule has 4 nitrogen and oxygen atoms in total. The summed E-state index contributed by atoms with van der Waals surface area (Å²) >= 11 is 0. The second kappa shape index (κ2) is 7.05. The number of aliphatic hydroxyl groups is 2. The molecule has 0 radical (unpaired) electrons. The number of hydrogen-bond acceptors (Lipinski definition) is 3. The maximum absolute atomic E-state index is 12.1. The molecule has 2 rings (SSSR count). The predicted octanol–water partition coefficient (Wildman–Crippen LogP) is 1.36. The molecule has 0 atom stereocenters. The summed E-state index contributed by atoms with van der Waals surface area (Å²) in [6.07, 6.45) is 5.48. The Balaban J connectivity index is 2.02. The van der Waals surface area contributed by atoms with E-state index < -0.39 is 5.54 Å². The summed E-state index contributed by atoms with van der Waals surface area (Å²) in [5.74, 6) is -0.157. The van der Waals surface area contributed by atoms with Gasteiger partial charge < -0.3 is 15.5 Å². The van der Waals surface area contributed by atoms with E-state index in [1.54, 1.807) is 0 Å². The van der Waals surface area contributed by atoms with Gasteiger partial charge in [-0.05, 0) is 48.8 Å². The van der Waals surface area contributed by atoms with Gasteiger partial charge in [-0.15, -0.1) is 0 Å². The van der Waals surface area contributed by atoms with E-state index in [0.29, 0.717) is 6.42 Å². The molecule has 0 spiro atoms. The zero-order valence-corrected chi connectivity index (χ0v) is 12.7. The van der Waals surface area contributed by atoms with Gasteiger partial charge in [0.15, 0.2) is 0 Å². The molecular weight excluding hydrogens is 266 g/mol. The lowest BCUT2D eigenvalue weighted by atomic mass is 9.90. The first kappa shape index (κ1) is 16.0. The lowest BCUT2D eigenvalue weighted by Crippen LogP contribution is -2.54. The van der Waals surface area contributed by atoms with Gasteiger partial charge in [0.25, 0.3) is 0 Å². The zero-order valence-electron chi connectivity index (χ0n) is 12.7. The van der Waals surface area contributed by atoms with Crippen LogP contribution in [0, 0.1) is 0 Å². The summed E-state index contributed by atoms with van der Waals surface area (Å²) in [6.45, 7) is 1.33. The Morgan fingerprint density at radius 1 is 1.19 bits per heavy atom. The Hall–Kier alpha value is -1.39. The molecule has 0 aliphatic heterocycles. The third kappa shape index (κ3) is 3.83. The maximum Gasteiger partial charge on any atom is 0.225 e. The van der Waals surface area contributed by atoms with E-state index in [1.807, 2.05) is 13.0 Å². The molecule has 0 unspecified atom stereocenters. The van der Waals surface area contributed by atoms with Crippen molar-refractivity contribution in [3.8, 4) is 0 Å². The molecule has 0 heterocycles. The number of amides is 1. The van der Waals surface area contributed by atoms with Crippen molar-refractivity contribution < 1.29 is 15.0 Å². The number of rotatable bonds is 6. The number of benzene rings is 1. The molecule has 0 fully saturated rings. The van der Waals surface area contributed by atoms with E-state index >= 15 is 0 Å². The van der Waals surface area contributed by atoms with Crippen molar-refractivity contribution in [3.05, 3.63) is 34.9 Å². The van der Waals surface area contributed by atoms with Gasteiger partial charge in [0.05, 0.1) is 25.2 Å². The largest absolute Gasteiger partial charge is 0.394 e. The molecular formula is C17H25NO3. The number of nitrogens with one attached hydrogen (secondary N) is 1. The van der Waals surface area contributed by atoms with Crippen molar-refractivity contribution in [2.45, 2.75) is 51.0 Å². The van der Waals surface area contributed by atoms with E-state index in [1.165, 1.54) is 24.0 Å². The standard InChI is InChI=1S/C17H25NO3/c1-2-17(11-19,12-20)18-16(21)10-13-7-8-14-5-3-4-6-15(14)9-13/h7-9,19-20H,2-6,10-12H2,1H3,(H,18,21). The van der Waals surface area contributed by atoms with Gasteiger partial charge in [-0.25, -0.2) is 0 Å². The quantitative estimate of drug-likeness (QED) is 0.741. The average Bonchev–Trinajstić information content (AvgIpc) is 2.52. The van der Waals surface area contributed by atoms with Crippen LogP contribution in [0.3, 0.4) is 0 Å². The topological polar surface area (TPSA) is 69.6 Å². The van der Waals surface area contributed by atoms with Gasteiger partial charge >= 0.3 is 0 Å². The van der Waals surface area contributed by atoms with Crippen LogP contribution in [0.2, 0.25) is 0 Å². The summed E-state index contributed by atoms with van der Waals surface area (Å²) < 4.78 is 0. The molecule has 0 saturated carbocycles. The summed E-state index contributed by atoms with van der Waals surface area (Å²) in [5, 5.41) is 21.5. The lowest BCUT2D eigenvalue weighted by Gasteiger charge is -2.29. The first-order chi connectivity index (χ1) is 10.1. The molecule has 3 N–H and O–H groups in total. The monoisotopic (exact) mass is 291 g/mol. The Morgan fingerprint density at radius 3 is 2.48 bits per heavy atom. The molecule has 1 aliphatic rings. The fraction of sp³-hybridized carbons (Fsp3) is 0.588. The zero-order chi connectivity index (χ0) is 15.3. The predicted molar refractivity (Wildman–Crippen MR) is 82.1 cm³/mol. The van der Waals surface area contributed by atoms with E-state index in [9.17, 15) is 15.0 Å². The highest BCUT2D eigenvalue weighted by Gasteiger charge is 2.28. The minimum absolute atomic E-state index is 0.157. The van der Waals surface area contributed by atoms with Crippen LogP contribution in [0.25, 0.3) is 0 Å². The van der Waals surface area contributed by atoms with Crippen LogP contribution >= 0.6 is 0 Å². The number of carbonyl (C=O) groups excluding carboxylic acids is 1. The number of hydrogen-bond donors (Lipinski definition) is 3. The summed E-state index contributed by atoms with van der Waals surface area (Å²) in [6, 6.07) is 6.26. The number of aryl methyl sites for hydroxylation is 2. The summed E-state index contributed by atoms with van der Waals surface area (Å²) in [7, 11) is 0. The summed E-state index contributed by atoms with van der Waals surface area (Å²) in [4.78, 5) is 12.1. The highest BCUT2D eigenvalue weighted by atomic mass is 16.3. The van der Waals surface area contributed by atoms with Gasteiger partial charge in [-0.2, -0.15) is 0 Å². The van der Waals surface area contributed by atoms with Gasteiger partial charge in [-0.3, -0.25) is 4.79 Å². The molecule has 21 heavy (non-hydrogen) atoms. The van der Waals surface area contributed by atoms with Gasteiger partial charge in [0.2, 0.25) is 5.91 Å². The third-order valence-corrected chi connectivity index (χ3v) is 4.46. The molecule has 116 valence electrons. The van der Waals surface area contributed by atoms with Crippen LogP contribution in [-0.2, 0) is 24.1 Å².